The highest BCUT2D eigenvalue weighted by Gasteiger charge is 2.39. The summed E-state index contributed by atoms with van der Waals surface area (Å²) >= 11 is 16.0. The smallest absolute Gasteiger partial charge is 0.337 e. The first-order chi connectivity index (χ1) is 16.7. The van der Waals surface area contributed by atoms with Gasteiger partial charge in [0.15, 0.2) is 11.5 Å². The van der Waals surface area contributed by atoms with Crippen molar-refractivity contribution in [1.29, 1.82) is 0 Å². The molecule has 35 heavy (non-hydrogen) atoms. The second kappa shape index (κ2) is 10.2. The van der Waals surface area contributed by atoms with E-state index in [9.17, 15) is 9.90 Å². The van der Waals surface area contributed by atoms with Gasteiger partial charge in [-0.2, -0.15) is 0 Å². The van der Waals surface area contributed by atoms with Crippen LogP contribution in [-0.4, -0.2) is 32.4 Å². The summed E-state index contributed by atoms with van der Waals surface area (Å²) in [7, 11) is 4.74. The molecule has 0 aromatic heterocycles. The molecule has 0 fully saturated rings. The van der Waals surface area contributed by atoms with Crippen molar-refractivity contribution in [3.05, 3.63) is 79.2 Å². The minimum absolute atomic E-state index is 0.0531. The minimum Gasteiger partial charge on any atom is -0.496 e. The fourth-order valence-corrected chi connectivity index (χ4v) is 5.59. The Balaban J connectivity index is 2.01. The van der Waals surface area contributed by atoms with Gasteiger partial charge in [-0.15, -0.1) is 0 Å². The zero-order valence-corrected chi connectivity index (χ0v) is 22.6. The van der Waals surface area contributed by atoms with E-state index in [-0.39, 0.29) is 23.4 Å². The van der Waals surface area contributed by atoms with Crippen LogP contribution in [0.15, 0.2) is 46.9 Å². The molecule has 3 aromatic carbocycles. The van der Waals surface area contributed by atoms with Gasteiger partial charge in [0.25, 0.3) is 0 Å². The molecule has 3 atom stereocenters. The molecule has 1 heterocycles. The maximum atomic E-state index is 12.2. The summed E-state index contributed by atoms with van der Waals surface area (Å²) in [4.78, 5) is 12.2. The van der Waals surface area contributed by atoms with Gasteiger partial charge in [0.2, 0.25) is 0 Å². The molecule has 0 aliphatic carbocycles. The Morgan fingerprint density at radius 2 is 1.57 bits per heavy atom. The van der Waals surface area contributed by atoms with E-state index in [1.165, 1.54) is 0 Å². The van der Waals surface area contributed by atoms with E-state index in [0.29, 0.717) is 37.5 Å². The van der Waals surface area contributed by atoms with Crippen LogP contribution in [0.3, 0.4) is 0 Å². The second-order valence-corrected chi connectivity index (χ2v) is 10.0. The summed E-state index contributed by atoms with van der Waals surface area (Å²) in [5.74, 6) is 0.359. The number of benzene rings is 3. The van der Waals surface area contributed by atoms with E-state index < -0.39 is 5.97 Å². The molecule has 0 saturated heterocycles. The molecule has 0 saturated carbocycles. The number of carboxylic acids is 1. The van der Waals surface area contributed by atoms with Crippen molar-refractivity contribution in [2.24, 2.45) is 5.92 Å². The topological polar surface area (TPSA) is 77.0 Å². The number of fused-ring (bicyclic) bond motifs is 1. The summed E-state index contributed by atoms with van der Waals surface area (Å²) in [6.45, 7) is 2.10. The van der Waals surface area contributed by atoms with Gasteiger partial charge < -0.3 is 24.6 Å². The molecule has 184 valence electrons. The van der Waals surface area contributed by atoms with E-state index in [0.717, 1.165) is 16.7 Å². The zero-order chi connectivity index (χ0) is 25.4. The molecule has 6 nitrogen and oxygen atoms in total. The number of carboxylic acid groups (broad SMARTS) is 1. The normalized spacial score (nSPS) is 18.9. The van der Waals surface area contributed by atoms with Crippen molar-refractivity contribution in [1.82, 2.24) is 0 Å². The largest absolute Gasteiger partial charge is 0.496 e. The van der Waals surface area contributed by atoms with E-state index in [2.05, 4.69) is 28.2 Å². The average molecular weight is 581 g/mol. The SMILES string of the molecule is COc1cc(OC)c([C@H]2c3cc(Br)cc(C(=O)O)c3N[C@@H](c3ccc(Cl)c(Cl)c3)[C@@H]2C)cc1OC. The Bertz CT molecular complexity index is 1300. The molecular weight excluding hydrogens is 557 g/mol. The van der Waals surface area contributed by atoms with Gasteiger partial charge in [-0.3, -0.25) is 0 Å². The number of ether oxygens (including phenoxy) is 3. The molecule has 4 rings (SSSR count). The van der Waals surface area contributed by atoms with Crippen LogP contribution >= 0.6 is 39.1 Å². The molecule has 0 bridgehead atoms. The number of carbonyl (C=O) groups is 1. The Morgan fingerprint density at radius 1 is 0.914 bits per heavy atom. The van der Waals surface area contributed by atoms with Crippen LogP contribution in [-0.2, 0) is 0 Å². The van der Waals surface area contributed by atoms with Crippen molar-refractivity contribution in [2.45, 2.75) is 18.9 Å². The summed E-state index contributed by atoms with van der Waals surface area (Å²) in [6.07, 6.45) is 0. The van der Waals surface area contributed by atoms with Crippen LogP contribution in [0.25, 0.3) is 0 Å². The molecule has 0 spiro atoms. The van der Waals surface area contributed by atoms with Crippen molar-refractivity contribution < 1.29 is 24.1 Å². The Kier molecular flexibility index (Phi) is 7.40. The summed E-state index contributed by atoms with van der Waals surface area (Å²) in [6, 6.07) is 12.4. The van der Waals surface area contributed by atoms with E-state index in [1.54, 1.807) is 39.5 Å². The predicted molar refractivity (Wildman–Crippen MR) is 141 cm³/mol. The van der Waals surface area contributed by atoms with Gasteiger partial charge >= 0.3 is 5.97 Å². The molecule has 1 aliphatic rings. The summed E-state index contributed by atoms with van der Waals surface area (Å²) < 4.78 is 17.5. The lowest BCUT2D eigenvalue weighted by Gasteiger charge is -2.41. The molecular formula is C26H24BrCl2NO5. The molecule has 2 N–H and O–H groups in total. The Morgan fingerprint density at radius 3 is 2.17 bits per heavy atom. The maximum Gasteiger partial charge on any atom is 0.337 e. The van der Waals surface area contributed by atoms with Gasteiger partial charge in [-0.25, -0.2) is 4.79 Å². The lowest BCUT2D eigenvalue weighted by atomic mass is 9.72. The molecule has 0 unspecified atom stereocenters. The third kappa shape index (κ3) is 4.65. The first-order valence-electron chi connectivity index (χ1n) is 10.8. The third-order valence-corrected chi connectivity index (χ3v) is 7.62. The Hall–Kier alpha value is -2.61. The number of hydrogen-bond donors (Lipinski definition) is 2. The Labute approximate surface area is 222 Å². The van der Waals surface area contributed by atoms with Gasteiger partial charge in [0.1, 0.15) is 5.75 Å². The van der Waals surface area contributed by atoms with Crippen LogP contribution in [0.1, 0.15) is 45.9 Å². The number of halogens is 3. The fourth-order valence-electron chi connectivity index (χ4n) is 4.80. The maximum absolute atomic E-state index is 12.2. The highest BCUT2D eigenvalue weighted by molar-refractivity contribution is 9.10. The number of methoxy groups -OCH3 is 3. The number of rotatable bonds is 6. The van der Waals surface area contributed by atoms with Gasteiger partial charge in [-0.05, 0) is 47.4 Å². The predicted octanol–water partition coefficient (Wildman–Crippen LogP) is 7.41. The number of anilines is 1. The first kappa shape index (κ1) is 25.5. The van der Waals surface area contributed by atoms with Crippen molar-refractivity contribution in [3.8, 4) is 17.2 Å². The molecule has 0 radical (unpaired) electrons. The monoisotopic (exact) mass is 579 g/mol. The first-order valence-corrected chi connectivity index (χ1v) is 12.3. The van der Waals surface area contributed by atoms with E-state index in [1.807, 2.05) is 24.3 Å². The van der Waals surface area contributed by atoms with Crippen LogP contribution in [0.2, 0.25) is 10.0 Å². The zero-order valence-electron chi connectivity index (χ0n) is 19.5. The molecule has 3 aromatic rings. The summed E-state index contributed by atoms with van der Waals surface area (Å²) in [5, 5.41) is 14.4. The fraction of sp³-hybridized carbons (Fsp3) is 0.269. The molecule has 1 aliphatic heterocycles. The minimum atomic E-state index is -1.03. The molecule has 9 heteroatoms. The standard InChI is InChI=1S/C26H24BrCl2NO5/c1-12-23(15-10-21(34-3)22(35-4)11-20(15)33-2)16-8-14(27)9-17(26(31)32)25(16)30-24(12)13-5-6-18(28)19(29)7-13/h5-12,23-24,30H,1-4H3,(H,31,32)/t12-,23+,24-/m1/s1. The van der Waals surface area contributed by atoms with Crippen LogP contribution < -0.4 is 19.5 Å². The number of nitrogens with one attached hydrogen (secondary N) is 1. The highest BCUT2D eigenvalue weighted by atomic mass is 79.9. The lowest BCUT2D eigenvalue weighted by Crippen LogP contribution is -2.32. The van der Waals surface area contributed by atoms with Crippen LogP contribution in [0, 0.1) is 5.92 Å². The third-order valence-electron chi connectivity index (χ3n) is 6.42. The molecule has 0 amide bonds. The van der Waals surface area contributed by atoms with E-state index in [4.69, 9.17) is 37.4 Å². The van der Waals surface area contributed by atoms with Gasteiger partial charge in [0.05, 0.1) is 48.7 Å². The van der Waals surface area contributed by atoms with Crippen molar-refractivity contribution in [2.75, 3.05) is 26.6 Å². The van der Waals surface area contributed by atoms with Crippen molar-refractivity contribution >= 4 is 50.8 Å². The van der Waals surface area contributed by atoms with E-state index >= 15 is 0 Å². The van der Waals surface area contributed by atoms with Gasteiger partial charge in [0, 0.05) is 22.0 Å². The lowest BCUT2D eigenvalue weighted by molar-refractivity contribution is 0.0697. The number of hydrogen-bond acceptors (Lipinski definition) is 5. The van der Waals surface area contributed by atoms with Crippen LogP contribution in [0.5, 0.6) is 17.2 Å². The van der Waals surface area contributed by atoms with Gasteiger partial charge in [-0.1, -0.05) is 52.1 Å². The second-order valence-electron chi connectivity index (χ2n) is 8.30. The highest BCUT2D eigenvalue weighted by Crippen LogP contribution is 2.53. The number of aromatic carboxylic acids is 1. The van der Waals surface area contributed by atoms with Crippen molar-refractivity contribution in [3.63, 3.8) is 0 Å². The quantitative estimate of drug-likeness (QED) is 0.316. The average Bonchev–Trinajstić information content (AvgIpc) is 2.84. The van der Waals surface area contributed by atoms with Crippen LogP contribution in [0.4, 0.5) is 5.69 Å². The summed E-state index contributed by atoms with van der Waals surface area (Å²) in [5.41, 5.74) is 3.26.